The van der Waals surface area contributed by atoms with Gasteiger partial charge in [0.1, 0.15) is 0 Å². The first-order chi connectivity index (χ1) is 8.31. The molecule has 0 bridgehead atoms. The van der Waals surface area contributed by atoms with Crippen molar-refractivity contribution in [2.24, 2.45) is 5.73 Å². The van der Waals surface area contributed by atoms with Crippen molar-refractivity contribution in [1.29, 1.82) is 0 Å². The van der Waals surface area contributed by atoms with Gasteiger partial charge >= 0.3 is 0 Å². The summed E-state index contributed by atoms with van der Waals surface area (Å²) in [6, 6.07) is 13.0. The van der Waals surface area contributed by atoms with Gasteiger partial charge in [0.15, 0.2) is 0 Å². The summed E-state index contributed by atoms with van der Waals surface area (Å²) >= 11 is 0. The molecule has 1 radical (unpaired) electrons. The van der Waals surface area contributed by atoms with E-state index in [1.54, 1.807) is 0 Å². The van der Waals surface area contributed by atoms with Gasteiger partial charge < -0.3 is 10.6 Å². The smallest absolute Gasteiger partial charge is 0.0800 e. The van der Waals surface area contributed by atoms with Crippen molar-refractivity contribution in [3.05, 3.63) is 48.4 Å². The van der Waals surface area contributed by atoms with E-state index in [1.165, 1.54) is 22.0 Å². The zero-order chi connectivity index (χ0) is 11.8. The van der Waals surface area contributed by atoms with E-state index in [-0.39, 0.29) is 6.17 Å². The molecular formula is C15H17N2. The molecule has 2 heteroatoms. The average Bonchev–Trinajstić information content (AvgIpc) is 2.82. The third-order valence-electron chi connectivity index (χ3n) is 3.59. The van der Waals surface area contributed by atoms with E-state index in [2.05, 4.69) is 47.7 Å². The van der Waals surface area contributed by atoms with Crippen LogP contribution in [-0.2, 0) is 6.42 Å². The van der Waals surface area contributed by atoms with Crippen LogP contribution in [0.25, 0.3) is 10.8 Å². The van der Waals surface area contributed by atoms with Crippen molar-refractivity contribution in [3.8, 4) is 0 Å². The second-order valence-corrected chi connectivity index (χ2v) is 4.56. The zero-order valence-corrected chi connectivity index (χ0v) is 10.1. The van der Waals surface area contributed by atoms with Crippen LogP contribution in [0.2, 0.25) is 0 Å². The summed E-state index contributed by atoms with van der Waals surface area (Å²) in [4.78, 5) is 2.30. The quantitative estimate of drug-likeness (QED) is 0.851. The molecule has 0 fully saturated rings. The molecule has 87 valence electrons. The maximum Gasteiger partial charge on any atom is 0.0800 e. The Hall–Kier alpha value is -1.54. The van der Waals surface area contributed by atoms with Crippen molar-refractivity contribution < 1.29 is 0 Å². The molecule has 1 aliphatic rings. The molecule has 0 amide bonds. The maximum atomic E-state index is 6.15. The predicted molar refractivity (Wildman–Crippen MR) is 72.9 cm³/mol. The first kappa shape index (κ1) is 10.6. The van der Waals surface area contributed by atoms with E-state index in [0.29, 0.717) is 0 Å². The van der Waals surface area contributed by atoms with Gasteiger partial charge in [-0.3, -0.25) is 0 Å². The minimum absolute atomic E-state index is 0.0158. The van der Waals surface area contributed by atoms with Crippen LogP contribution in [-0.4, -0.2) is 12.7 Å². The van der Waals surface area contributed by atoms with Crippen LogP contribution in [0.4, 0.5) is 5.69 Å². The van der Waals surface area contributed by atoms with Gasteiger partial charge in [0.25, 0.3) is 0 Å². The minimum atomic E-state index is 0.0158. The topological polar surface area (TPSA) is 29.3 Å². The van der Waals surface area contributed by atoms with Gasteiger partial charge in [-0.25, -0.2) is 0 Å². The number of fused-ring (bicyclic) bond motifs is 3. The summed E-state index contributed by atoms with van der Waals surface area (Å²) in [6.07, 6.45) is 3.17. The third kappa shape index (κ3) is 1.60. The Morgan fingerprint density at radius 2 is 2.06 bits per heavy atom. The molecule has 0 unspecified atom stereocenters. The molecule has 0 spiro atoms. The van der Waals surface area contributed by atoms with Crippen LogP contribution in [0, 0.1) is 6.42 Å². The molecule has 3 rings (SSSR count). The monoisotopic (exact) mass is 225 g/mol. The molecule has 2 nitrogen and oxygen atoms in total. The van der Waals surface area contributed by atoms with Gasteiger partial charge in [-0.1, -0.05) is 43.3 Å². The van der Waals surface area contributed by atoms with Gasteiger partial charge in [-0.15, -0.1) is 0 Å². The Morgan fingerprint density at radius 1 is 1.24 bits per heavy atom. The molecular weight excluding hydrogens is 208 g/mol. The molecule has 1 heterocycles. The van der Waals surface area contributed by atoms with Crippen molar-refractivity contribution in [3.63, 3.8) is 0 Å². The summed E-state index contributed by atoms with van der Waals surface area (Å²) in [7, 11) is 0. The van der Waals surface area contributed by atoms with Crippen LogP contribution in [0.5, 0.6) is 0 Å². The van der Waals surface area contributed by atoms with Crippen LogP contribution in [0.15, 0.2) is 36.4 Å². The molecule has 1 aliphatic heterocycles. The van der Waals surface area contributed by atoms with E-state index in [1.807, 2.05) is 6.92 Å². The zero-order valence-electron chi connectivity index (χ0n) is 10.1. The number of hydrogen-bond acceptors (Lipinski definition) is 2. The van der Waals surface area contributed by atoms with Crippen LogP contribution in [0.1, 0.15) is 12.5 Å². The van der Waals surface area contributed by atoms with Crippen molar-refractivity contribution in [2.45, 2.75) is 19.5 Å². The van der Waals surface area contributed by atoms with Gasteiger partial charge in [0.2, 0.25) is 0 Å². The molecule has 0 aromatic heterocycles. The van der Waals surface area contributed by atoms with Gasteiger partial charge in [0.05, 0.1) is 6.17 Å². The number of hydrogen-bond donors (Lipinski definition) is 1. The summed E-state index contributed by atoms with van der Waals surface area (Å²) in [5.41, 5.74) is 8.90. The van der Waals surface area contributed by atoms with Crippen LogP contribution >= 0.6 is 0 Å². The standard InChI is InChI=1S/C15H17N2/c1-2-14(16)17-10-9-12-8-7-11-5-3-4-6-13(11)15(12)17/h2-8,14H,9-10,16H2,1H3/t14-/m0/s1. The molecule has 2 aromatic carbocycles. The van der Waals surface area contributed by atoms with Gasteiger partial charge in [-0.2, -0.15) is 0 Å². The number of nitrogens with two attached hydrogens (primary N) is 1. The maximum absolute atomic E-state index is 6.15. The second kappa shape index (κ2) is 4.04. The lowest BCUT2D eigenvalue weighted by molar-refractivity contribution is 0.701. The highest BCUT2D eigenvalue weighted by atomic mass is 15.2. The second-order valence-electron chi connectivity index (χ2n) is 4.56. The van der Waals surface area contributed by atoms with E-state index in [0.717, 1.165) is 13.0 Å². The van der Waals surface area contributed by atoms with E-state index < -0.39 is 0 Å². The van der Waals surface area contributed by atoms with E-state index in [4.69, 9.17) is 5.73 Å². The van der Waals surface area contributed by atoms with Crippen molar-refractivity contribution in [1.82, 2.24) is 0 Å². The normalized spacial score (nSPS) is 16.2. The molecule has 17 heavy (non-hydrogen) atoms. The minimum Gasteiger partial charge on any atom is -0.355 e. The number of nitrogens with zero attached hydrogens (tertiary/aromatic N) is 1. The van der Waals surface area contributed by atoms with Crippen molar-refractivity contribution >= 4 is 16.5 Å². The highest BCUT2D eigenvalue weighted by Gasteiger charge is 2.24. The highest BCUT2D eigenvalue weighted by molar-refractivity contribution is 5.97. The van der Waals surface area contributed by atoms with E-state index >= 15 is 0 Å². The molecule has 1 atom stereocenters. The van der Waals surface area contributed by atoms with Gasteiger partial charge in [0, 0.05) is 17.6 Å². The number of benzene rings is 2. The Kier molecular flexibility index (Phi) is 2.52. The number of anilines is 1. The van der Waals surface area contributed by atoms with Crippen molar-refractivity contribution in [2.75, 3.05) is 11.4 Å². The van der Waals surface area contributed by atoms with Gasteiger partial charge in [-0.05, 0) is 23.8 Å². The fourth-order valence-electron chi connectivity index (χ4n) is 2.67. The summed E-state index contributed by atoms with van der Waals surface area (Å²) in [6.45, 7) is 3.04. The molecule has 0 saturated heterocycles. The Balaban J connectivity index is 2.20. The Morgan fingerprint density at radius 3 is 2.88 bits per heavy atom. The lowest BCUT2D eigenvalue weighted by atomic mass is 10.0. The molecule has 0 aliphatic carbocycles. The molecule has 0 saturated carbocycles. The lowest BCUT2D eigenvalue weighted by Crippen LogP contribution is -2.40. The Labute approximate surface area is 102 Å². The van der Waals surface area contributed by atoms with Crippen LogP contribution in [0.3, 0.4) is 0 Å². The van der Waals surface area contributed by atoms with E-state index in [9.17, 15) is 0 Å². The SMILES string of the molecule is C[CH][C@@H](N)N1CCc2ccc3ccccc3c21. The molecule has 2 N–H and O–H groups in total. The first-order valence-corrected chi connectivity index (χ1v) is 6.13. The lowest BCUT2D eigenvalue weighted by Gasteiger charge is -2.27. The molecule has 2 aromatic rings. The largest absolute Gasteiger partial charge is 0.355 e. The third-order valence-corrected chi connectivity index (χ3v) is 3.59. The van der Waals surface area contributed by atoms with Crippen LogP contribution < -0.4 is 10.6 Å². The summed E-state index contributed by atoms with van der Waals surface area (Å²) < 4.78 is 0. The number of rotatable bonds is 2. The highest BCUT2D eigenvalue weighted by Crippen LogP contribution is 2.36. The Bertz CT molecular complexity index is 548. The summed E-state index contributed by atoms with van der Waals surface area (Å²) in [5.74, 6) is 0. The summed E-state index contributed by atoms with van der Waals surface area (Å²) in [5, 5.41) is 2.61. The average molecular weight is 225 g/mol. The fraction of sp³-hybridized carbons (Fsp3) is 0.267. The predicted octanol–water partition coefficient (Wildman–Crippen LogP) is 2.71. The fourth-order valence-corrected chi connectivity index (χ4v) is 2.67. The first-order valence-electron chi connectivity index (χ1n) is 6.13.